The van der Waals surface area contributed by atoms with E-state index >= 15 is 0 Å². The molecule has 6 nitrogen and oxygen atoms in total. The van der Waals surface area contributed by atoms with E-state index in [1.54, 1.807) is 13.8 Å². The fourth-order valence-corrected chi connectivity index (χ4v) is 1.59. The van der Waals surface area contributed by atoms with Crippen LogP contribution in [0.4, 0.5) is 0 Å². The van der Waals surface area contributed by atoms with Crippen LogP contribution in [0.5, 0.6) is 0 Å². The van der Waals surface area contributed by atoms with Crippen LogP contribution < -0.4 is 5.14 Å². The molecule has 7 heteroatoms. The first-order valence-corrected chi connectivity index (χ1v) is 5.68. The maximum Gasteiger partial charge on any atom is 0.343 e. The van der Waals surface area contributed by atoms with Gasteiger partial charge in [-0.15, -0.1) is 0 Å². The predicted octanol–water partition coefficient (Wildman–Crippen LogP) is 0.492. The number of esters is 1. The number of furan rings is 1. The Hall–Kier alpha value is -1.34. The minimum absolute atomic E-state index is 0.189. The summed E-state index contributed by atoms with van der Waals surface area (Å²) in [6.07, 6.45) is 0.720. The number of sulfonamides is 1. The zero-order chi connectivity index (χ0) is 11.6. The Balaban J connectivity index is 3.06. The summed E-state index contributed by atoms with van der Waals surface area (Å²) in [5.74, 6) is -0.775. The maximum absolute atomic E-state index is 11.4. The molecule has 15 heavy (non-hydrogen) atoms. The molecule has 1 heterocycles. The van der Waals surface area contributed by atoms with Gasteiger partial charge in [0.15, 0.2) is 0 Å². The minimum atomic E-state index is -4.04. The van der Waals surface area contributed by atoms with Gasteiger partial charge >= 0.3 is 5.97 Å². The van der Waals surface area contributed by atoms with Crippen molar-refractivity contribution in [3.63, 3.8) is 0 Å². The normalized spacial score (nSPS) is 11.7. The topological polar surface area (TPSA) is 99.6 Å². The second-order valence-electron chi connectivity index (χ2n) is 3.12. The van der Waals surface area contributed by atoms with Crippen molar-refractivity contribution in [3.8, 4) is 0 Å². The molecule has 0 atom stereocenters. The molecule has 0 aliphatic rings. The number of primary sulfonamides is 1. The number of hydrogen-bond acceptors (Lipinski definition) is 5. The van der Waals surface area contributed by atoms with Crippen LogP contribution in [-0.4, -0.2) is 20.5 Å². The smallest absolute Gasteiger partial charge is 0.343 e. The number of hydrogen-bond donors (Lipinski definition) is 1. The summed E-state index contributed by atoms with van der Waals surface area (Å²) in [5.41, 5.74) is -0.189. The monoisotopic (exact) mass is 233 g/mol. The summed E-state index contributed by atoms with van der Waals surface area (Å²) in [6, 6.07) is 1.20. The second kappa shape index (κ2) is 4.03. The van der Waals surface area contributed by atoms with Crippen molar-refractivity contribution in [1.82, 2.24) is 0 Å². The van der Waals surface area contributed by atoms with E-state index in [1.165, 1.54) is 6.07 Å². The molecule has 0 fully saturated rings. The summed E-state index contributed by atoms with van der Waals surface area (Å²) in [4.78, 5) is 11.4. The Bertz CT molecular complexity index is 459. The Morgan fingerprint density at radius 3 is 2.60 bits per heavy atom. The first-order chi connectivity index (χ1) is 6.82. The highest BCUT2D eigenvalue weighted by molar-refractivity contribution is 7.89. The van der Waals surface area contributed by atoms with Gasteiger partial charge in [-0.1, -0.05) is 0 Å². The third kappa shape index (κ3) is 2.80. The van der Waals surface area contributed by atoms with Crippen molar-refractivity contribution in [2.45, 2.75) is 25.0 Å². The Morgan fingerprint density at radius 2 is 2.13 bits per heavy atom. The average molecular weight is 233 g/mol. The fourth-order valence-electron chi connectivity index (χ4n) is 0.945. The molecule has 0 aliphatic heterocycles. The zero-order valence-electron chi connectivity index (χ0n) is 8.26. The molecule has 0 unspecified atom stereocenters. The largest absolute Gasteiger partial charge is 0.459 e. The lowest BCUT2D eigenvalue weighted by atomic mass is 10.3. The van der Waals surface area contributed by atoms with Gasteiger partial charge in [0, 0.05) is 0 Å². The van der Waals surface area contributed by atoms with E-state index < -0.39 is 21.1 Å². The van der Waals surface area contributed by atoms with E-state index in [2.05, 4.69) is 4.42 Å². The van der Waals surface area contributed by atoms with Gasteiger partial charge in [-0.25, -0.2) is 18.4 Å². The standard InChI is InChI=1S/C8H11NO5S/c1-5(2)14-7(10)6-3-4-13-8(6)15(9,11)12/h3-5H,1-2H3,(H2,9,11,12). The Labute approximate surface area is 87.1 Å². The van der Waals surface area contributed by atoms with Crippen LogP contribution in [0.3, 0.4) is 0 Å². The summed E-state index contributed by atoms with van der Waals surface area (Å²) in [5, 5.41) is 4.27. The molecule has 0 aliphatic carbocycles. The third-order valence-corrected chi connectivity index (χ3v) is 2.28. The lowest BCUT2D eigenvalue weighted by molar-refractivity contribution is 0.0370. The Morgan fingerprint density at radius 1 is 1.53 bits per heavy atom. The van der Waals surface area contributed by atoms with Crippen molar-refractivity contribution in [3.05, 3.63) is 17.9 Å². The van der Waals surface area contributed by atoms with Crippen LogP contribution in [0, 0.1) is 0 Å². The number of ether oxygens (including phenoxy) is 1. The van der Waals surface area contributed by atoms with Gasteiger partial charge in [0.2, 0.25) is 5.09 Å². The van der Waals surface area contributed by atoms with Gasteiger partial charge < -0.3 is 9.15 Å². The van der Waals surface area contributed by atoms with Crippen molar-refractivity contribution in [1.29, 1.82) is 0 Å². The zero-order valence-corrected chi connectivity index (χ0v) is 9.08. The van der Waals surface area contributed by atoms with Gasteiger partial charge in [-0.3, -0.25) is 0 Å². The molecule has 0 saturated carbocycles. The molecule has 0 saturated heterocycles. The molecule has 0 amide bonds. The summed E-state index contributed by atoms with van der Waals surface area (Å²) >= 11 is 0. The predicted molar refractivity (Wildman–Crippen MR) is 50.6 cm³/mol. The number of nitrogens with two attached hydrogens (primary N) is 1. The molecule has 0 spiro atoms. The van der Waals surface area contributed by atoms with Crippen LogP contribution in [0.1, 0.15) is 24.2 Å². The molecule has 84 valence electrons. The Kier molecular flexibility index (Phi) is 3.15. The van der Waals surface area contributed by atoms with Crippen LogP contribution in [-0.2, 0) is 14.8 Å². The van der Waals surface area contributed by atoms with Crippen molar-refractivity contribution < 1.29 is 22.4 Å². The summed E-state index contributed by atoms with van der Waals surface area (Å²) in [7, 11) is -4.04. The van der Waals surface area contributed by atoms with Crippen molar-refractivity contribution >= 4 is 16.0 Å². The van der Waals surface area contributed by atoms with Crippen LogP contribution in [0.15, 0.2) is 21.8 Å². The lowest BCUT2D eigenvalue weighted by Gasteiger charge is -2.06. The highest BCUT2D eigenvalue weighted by atomic mass is 32.2. The van der Waals surface area contributed by atoms with Gasteiger partial charge in [0.25, 0.3) is 10.0 Å². The van der Waals surface area contributed by atoms with E-state index in [0.29, 0.717) is 0 Å². The molecule has 1 rings (SSSR count). The van der Waals surface area contributed by atoms with E-state index in [4.69, 9.17) is 9.88 Å². The summed E-state index contributed by atoms with van der Waals surface area (Å²) < 4.78 is 31.4. The highest BCUT2D eigenvalue weighted by Crippen LogP contribution is 2.16. The van der Waals surface area contributed by atoms with Crippen molar-refractivity contribution in [2.24, 2.45) is 5.14 Å². The van der Waals surface area contributed by atoms with Gasteiger partial charge in [-0.05, 0) is 19.9 Å². The molecular formula is C8H11NO5S. The van der Waals surface area contributed by atoms with Crippen LogP contribution in [0.25, 0.3) is 0 Å². The van der Waals surface area contributed by atoms with E-state index in [-0.39, 0.29) is 11.7 Å². The van der Waals surface area contributed by atoms with Crippen LogP contribution in [0.2, 0.25) is 0 Å². The first-order valence-electron chi connectivity index (χ1n) is 4.13. The number of carbonyl (C=O) groups is 1. The average Bonchev–Trinajstić information content (AvgIpc) is 2.48. The molecule has 2 N–H and O–H groups in total. The van der Waals surface area contributed by atoms with Gasteiger partial charge in [-0.2, -0.15) is 0 Å². The SMILES string of the molecule is CC(C)OC(=O)c1ccoc1S(N)(=O)=O. The van der Waals surface area contributed by atoms with E-state index in [0.717, 1.165) is 6.26 Å². The molecule has 0 bridgehead atoms. The van der Waals surface area contributed by atoms with Gasteiger partial charge in [0.05, 0.1) is 12.4 Å². The molecule has 1 aromatic heterocycles. The fraction of sp³-hybridized carbons (Fsp3) is 0.375. The van der Waals surface area contributed by atoms with E-state index in [1.807, 2.05) is 0 Å². The van der Waals surface area contributed by atoms with Gasteiger partial charge in [0.1, 0.15) is 5.56 Å². The molecule has 1 aromatic rings. The molecule has 0 radical (unpaired) electrons. The molecule has 0 aromatic carbocycles. The second-order valence-corrected chi connectivity index (χ2v) is 4.58. The number of rotatable bonds is 3. The first kappa shape index (κ1) is 11.7. The highest BCUT2D eigenvalue weighted by Gasteiger charge is 2.24. The third-order valence-electron chi connectivity index (χ3n) is 1.45. The lowest BCUT2D eigenvalue weighted by Crippen LogP contribution is -2.18. The number of carbonyl (C=O) groups excluding carboxylic acids is 1. The van der Waals surface area contributed by atoms with Crippen molar-refractivity contribution in [2.75, 3.05) is 0 Å². The molecular weight excluding hydrogens is 222 g/mol. The summed E-state index contributed by atoms with van der Waals surface area (Å²) in [6.45, 7) is 3.29. The van der Waals surface area contributed by atoms with Crippen LogP contribution >= 0.6 is 0 Å². The quantitative estimate of drug-likeness (QED) is 0.766. The van der Waals surface area contributed by atoms with E-state index in [9.17, 15) is 13.2 Å². The minimum Gasteiger partial charge on any atom is -0.459 e. The maximum atomic E-state index is 11.4.